The fraction of sp³-hybridized carbons (Fsp3) is 0.864. The molecule has 0 amide bonds. The zero-order valence-electron chi connectivity index (χ0n) is 66.0. The lowest BCUT2D eigenvalue weighted by Crippen LogP contribution is -2.37. The van der Waals surface area contributed by atoms with E-state index in [1.54, 1.807) is 0 Å². The van der Waals surface area contributed by atoms with E-state index in [0.29, 0.717) is 17.4 Å². The van der Waals surface area contributed by atoms with E-state index in [1.165, 1.54) is 353 Å². The summed E-state index contributed by atoms with van der Waals surface area (Å²) in [5.41, 5.74) is 0. The average Bonchev–Trinajstić information content (AvgIpc) is 1.08. The van der Waals surface area contributed by atoms with Crippen molar-refractivity contribution >= 4 is 19.8 Å². The van der Waals surface area contributed by atoms with Crippen LogP contribution in [0.2, 0.25) is 0 Å². The van der Waals surface area contributed by atoms with E-state index < -0.39 is 26.5 Å². The molecule has 0 fully saturated rings. The Hall–Kier alpha value is -2.29. The van der Waals surface area contributed by atoms with Crippen molar-refractivity contribution in [1.82, 2.24) is 0 Å². The van der Waals surface area contributed by atoms with Crippen molar-refractivity contribution in [2.24, 2.45) is 0 Å². The van der Waals surface area contributed by atoms with E-state index in [9.17, 15) is 19.0 Å². The fourth-order valence-corrected chi connectivity index (χ4v) is 13.7. The van der Waals surface area contributed by atoms with E-state index >= 15 is 0 Å². The highest BCUT2D eigenvalue weighted by molar-refractivity contribution is 7.45. The van der Waals surface area contributed by atoms with Crippen molar-refractivity contribution in [3.63, 3.8) is 0 Å². The molecule has 0 rings (SSSR count). The summed E-state index contributed by atoms with van der Waals surface area (Å²) in [6.45, 7) is 4.29. The largest absolute Gasteiger partial charge is 0.756 e. The molecule has 98 heavy (non-hydrogen) atoms. The number of likely N-dealkylation sites (N-methyl/N-ethyl adjacent to an activating group) is 1. The molecule has 0 aliphatic rings. The van der Waals surface area contributed by atoms with Crippen molar-refractivity contribution < 1.29 is 42.1 Å². The molecular weight excluding hydrogens is 1230 g/mol. The van der Waals surface area contributed by atoms with Gasteiger partial charge in [0.1, 0.15) is 19.8 Å². The summed E-state index contributed by atoms with van der Waals surface area (Å²) < 4.78 is 34.5. The van der Waals surface area contributed by atoms with Gasteiger partial charge in [0.25, 0.3) is 7.82 Å². The zero-order chi connectivity index (χ0) is 71.1. The number of hydrogen-bond acceptors (Lipinski definition) is 8. The molecule has 9 nitrogen and oxygen atoms in total. The van der Waals surface area contributed by atoms with Crippen LogP contribution in [0, 0.1) is 0 Å². The van der Waals surface area contributed by atoms with Gasteiger partial charge in [-0.3, -0.25) is 14.2 Å². The number of carbonyl (C=O) groups excluding carboxylic acids is 2. The number of quaternary nitrogens is 1. The van der Waals surface area contributed by atoms with E-state index in [2.05, 4.69) is 74.6 Å². The quantitative estimate of drug-likeness (QED) is 0.0195. The van der Waals surface area contributed by atoms with Gasteiger partial charge in [-0.2, -0.15) is 0 Å². The van der Waals surface area contributed by atoms with Gasteiger partial charge in [-0.15, -0.1) is 0 Å². The van der Waals surface area contributed by atoms with Gasteiger partial charge < -0.3 is 27.9 Å². The summed E-state index contributed by atoms with van der Waals surface area (Å²) in [6.07, 6.45) is 107. The van der Waals surface area contributed by atoms with Gasteiger partial charge >= 0.3 is 11.9 Å². The van der Waals surface area contributed by atoms with Gasteiger partial charge in [0, 0.05) is 12.8 Å². The van der Waals surface area contributed by atoms with Gasteiger partial charge in [0.2, 0.25) is 0 Å². The number of phosphoric ester groups is 1. The second-order valence-corrected chi connectivity index (χ2v) is 32.0. The molecule has 2 atom stereocenters. The molecule has 0 aliphatic heterocycles. The Morgan fingerprint density at radius 1 is 0.316 bits per heavy atom. The maximum Gasteiger partial charge on any atom is 0.306 e. The molecule has 0 saturated heterocycles. The second-order valence-electron chi connectivity index (χ2n) is 30.5. The van der Waals surface area contributed by atoms with E-state index in [1.807, 2.05) is 21.1 Å². The minimum Gasteiger partial charge on any atom is -0.756 e. The van der Waals surface area contributed by atoms with Crippen LogP contribution in [0.25, 0.3) is 0 Å². The number of esters is 2. The smallest absolute Gasteiger partial charge is 0.306 e. The molecule has 0 aromatic heterocycles. The fourth-order valence-electron chi connectivity index (χ4n) is 12.9. The highest BCUT2D eigenvalue weighted by Crippen LogP contribution is 2.38. The lowest BCUT2D eigenvalue weighted by Gasteiger charge is -2.28. The van der Waals surface area contributed by atoms with Crippen LogP contribution in [-0.2, 0) is 32.7 Å². The standard InChI is InChI=1S/C88H166NO8P/c1-6-8-10-12-14-16-18-20-22-24-26-28-30-32-34-36-38-40-41-42-43-44-45-46-47-49-50-52-54-56-58-60-62-64-66-68-70-72-74-76-78-80-87(90)94-84-86(85-96-98(92,93)95-83-82-89(3,4)5)97-88(91)81-79-77-75-73-71-69-67-65-63-61-59-57-55-53-51-48-39-37-35-33-31-29-27-25-23-21-19-17-15-13-11-9-7-2/h18-21,24-27,31,33,86H,6-17,22-23,28-30,32,34-85H2,1-5H3/b20-18-,21-19-,26-24-,27-25-,33-31-. The SMILES string of the molecule is CCCCCCC/C=C\C/C=C\C/C=C\CCCCCCCCCCCCCCCCCCCCC(=O)OC(COC(=O)CCCCCCCCCCCCCCCCCCCCCCCCCCCCCCC/C=C\C/C=C\CCCCCCC)COP(=O)([O-])OCC[N+](C)(C)C. The molecule has 0 heterocycles. The first-order chi connectivity index (χ1) is 48.0. The molecule has 0 radical (unpaired) electrons. The number of ether oxygens (including phenoxy) is 2. The third-order valence-corrected chi connectivity index (χ3v) is 20.5. The van der Waals surface area contributed by atoms with Crippen LogP contribution in [0.3, 0.4) is 0 Å². The van der Waals surface area contributed by atoms with Gasteiger partial charge in [-0.25, -0.2) is 0 Å². The van der Waals surface area contributed by atoms with Crippen molar-refractivity contribution in [1.29, 1.82) is 0 Å². The molecule has 0 N–H and O–H groups in total. The number of rotatable bonds is 81. The van der Waals surface area contributed by atoms with Crippen LogP contribution < -0.4 is 4.89 Å². The molecule has 0 aliphatic carbocycles. The minimum atomic E-state index is -4.65. The predicted octanol–water partition coefficient (Wildman–Crippen LogP) is 28.2. The third kappa shape index (κ3) is 82.7. The number of unbranched alkanes of at least 4 members (excludes halogenated alkanes) is 57. The topological polar surface area (TPSA) is 111 Å². The summed E-state index contributed by atoms with van der Waals surface area (Å²) in [6, 6.07) is 0. The average molecular weight is 1400 g/mol. The molecule has 576 valence electrons. The number of phosphoric acid groups is 1. The molecular formula is C88H166NO8P. The number of hydrogen-bond donors (Lipinski definition) is 0. The van der Waals surface area contributed by atoms with Crippen molar-refractivity contribution in [2.45, 2.75) is 444 Å². The molecule has 0 saturated carbocycles. The van der Waals surface area contributed by atoms with Crippen LogP contribution in [0.15, 0.2) is 60.8 Å². The highest BCUT2D eigenvalue weighted by atomic mass is 31.2. The Balaban J connectivity index is 3.86. The molecule has 0 bridgehead atoms. The van der Waals surface area contributed by atoms with Crippen molar-refractivity contribution in [2.75, 3.05) is 47.5 Å². The first kappa shape index (κ1) is 95.7. The summed E-state index contributed by atoms with van der Waals surface area (Å²) in [7, 11) is 1.19. The van der Waals surface area contributed by atoms with E-state index in [-0.39, 0.29) is 32.0 Å². The molecule has 0 aromatic carbocycles. The minimum absolute atomic E-state index is 0.0285. The van der Waals surface area contributed by atoms with Crippen LogP contribution in [0.4, 0.5) is 0 Å². The van der Waals surface area contributed by atoms with Crippen molar-refractivity contribution in [3.05, 3.63) is 60.8 Å². The van der Waals surface area contributed by atoms with Crippen LogP contribution in [0.1, 0.15) is 438 Å². The van der Waals surface area contributed by atoms with Gasteiger partial charge in [0.15, 0.2) is 6.10 Å². The third-order valence-electron chi connectivity index (χ3n) is 19.5. The number of carbonyl (C=O) groups is 2. The van der Waals surface area contributed by atoms with Crippen molar-refractivity contribution in [3.8, 4) is 0 Å². The zero-order valence-corrected chi connectivity index (χ0v) is 66.9. The van der Waals surface area contributed by atoms with Gasteiger partial charge in [0.05, 0.1) is 27.7 Å². The lowest BCUT2D eigenvalue weighted by molar-refractivity contribution is -0.870. The lowest BCUT2D eigenvalue weighted by atomic mass is 10.0. The van der Waals surface area contributed by atoms with Crippen LogP contribution >= 0.6 is 7.82 Å². The number of nitrogens with zero attached hydrogens (tertiary/aromatic N) is 1. The summed E-state index contributed by atoms with van der Waals surface area (Å²) in [4.78, 5) is 38.2. The summed E-state index contributed by atoms with van der Waals surface area (Å²) in [5, 5.41) is 0. The molecule has 2 unspecified atom stereocenters. The number of allylic oxidation sites excluding steroid dienone is 10. The predicted molar refractivity (Wildman–Crippen MR) is 425 cm³/mol. The van der Waals surface area contributed by atoms with Gasteiger partial charge in [-0.05, 0) is 83.5 Å². The monoisotopic (exact) mass is 1400 g/mol. The van der Waals surface area contributed by atoms with Gasteiger partial charge in [-0.1, -0.05) is 402 Å². The first-order valence-electron chi connectivity index (χ1n) is 43.0. The molecule has 0 aromatic rings. The van der Waals surface area contributed by atoms with Crippen LogP contribution in [-0.4, -0.2) is 70.0 Å². The molecule has 10 heteroatoms. The first-order valence-corrected chi connectivity index (χ1v) is 44.5. The maximum absolute atomic E-state index is 12.9. The maximum atomic E-state index is 12.9. The highest BCUT2D eigenvalue weighted by Gasteiger charge is 2.22. The normalized spacial score (nSPS) is 13.2. The Kier molecular flexibility index (Phi) is 77.0. The van der Waals surface area contributed by atoms with E-state index in [0.717, 1.165) is 51.4 Å². The Bertz CT molecular complexity index is 1840. The van der Waals surface area contributed by atoms with Crippen LogP contribution in [0.5, 0.6) is 0 Å². The molecule has 0 spiro atoms. The Labute approximate surface area is 610 Å². The Morgan fingerprint density at radius 3 is 0.816 bits per heavy atom. The second kappa shape index (κ2) is 78.8. The summed E-state index contributed by atoms with van der Waals surface area (Å²) in [5.74, 6) is -0.809. The Morgan fingerprint density at radius 2 is 0.551 bits per heavy atom. The van der Waals surface area contributed by atoms with E-state index in [4.69, 9.17) is 18.5 Å². The summed E-state index contributed by atoms with van der Waals surface area (Å²) >= 11 is 0.